The minimum atomic E-state index is -0.0822. The van der Waals surface area contributed by atoms with Crippen molar-refractivity contribution >= 4 is 28.6 Å². The molecule has 30 heavy (non-hydrogen) atoms. The van der Waals surface area contributed by atoms with E-state index >= 15 is 0 Å². The maximum Gasteiger partial charge on any atom is 0.251 e. The van der Waals surface area contributed by atoms with Gasteiger partial charge in [0.1, 0.15) is 0 Å². The Morgan fingerprint density at radius 1 is 1.13 bits per heavy atom. The first-order chi connectivity index (χ1) is 14.5. The number of para-hydroxylation sites is 1. The van der Waals surface area contributed by atoms with Crippen molar-refractivity contribution in [1.29, 1.82) is 0 Å². The second-order valence-corrected chi connectivity index (χ2v) is 7.75. The first-order valence-corrected chi connectivity index (χ1v) is 10.8. The van der Waals surface area contributed by atoms with Crippen LogP contribution in [-0.2, 0) is 18.3 Å². The molecule has 0 radical (unpaired) electrons. The number of nitrogens with one attached hydrogen (secondary N) is 1. The number of aryl methyl sites for hydroxylation is 1. The molecule has 3 rings (SSSR count). The predicted octanol–water partition coefficient (Wildman–Crippen LogP) is 3.40. The number of fused-ring (bicyclic) bond motifs is 1. The molecular formula is C23H26N2O4S. The SMILES string of the molecule is CCOc1cc(CCNC(=O)CSc2cc(=O)n(C)c3ccccc23)ccc1OC. The molecule has 7 heteroatoms. The number of aromatic nitrogens is 1. The zero-order chi connectivity index (χ0) is 21.5. The molecule has 2 aromatic carbocycles. The monoisotopic (exact) mass is 426 g/mol. The normalized spacial score (nSPS) is 10.8. The van der Waals surface area contributed by atoms with E-state index in [1.54, 1.807) is 24.8 Å². The number of amides is 1. The number of methoxy groups -OCH3 is 1. The summed E-state index contributed by atoms with van der Waals surface area (Å²) in [5.74, 6) is 1.59. The lowest BCUT2D eigenvalue weighted by atomic mass is 10.1. The third-order valence-electron chi connectivity index (χ3n) is 4.74. The number of pyridine rings is 1. The fourth-order valence-electron chi connectivity index (χ4n) is 3.18. The topological polar surface area (TPSA) is 69.6 Å². The smallest absolute Gasteiger partial charge is 0.251 e. The summed E-state index contributed by atoms with van der Waals surface area (Å²) in [5, 5.41) is 3.91. The Morgan fingerprint density at radius 2 is 1.93 bits per heavy atom. The number of carbonyl (C=O) groups is 1. The number of hydrogen-bond donors (Lipinski definition) is 1. The predicted molar refractivity (Wildman–Crippen MR) is 121 cm³/mol. The van der Waals surface area contributed by atoms with E-state index in [1.807, 2.05) is 49.4 Å². The molecule has 0 bridgehead atoms. The molecule has 0 saturated heterocycles. The van der Waals surface area contributed by atoms with Gasteiger partial charge in [-0.15, -0.1) is 11.8 Å². The van der Waals surface area contributed by atoms with Crippen LogP contribution < -0.4 is 20.3 Å². The largest absolute Gasteiger partial charge is 0.493 e. The first-order valence-electron chi connectivity index (χ1n) is 9.81. The standard InChI is InChI=1S/C23H26N2O4S/c1-4-29-20-13-16(9-10-19(20)28-3)11-12-24-22(26)15-30-21-14-23(27)25(2)18-8-6-5-7-17(18)21/h5-10,13-14H,4,11-12,15H2,1-3H3,(H,24,26). The van der Waals surface area contributed by atoms with Gasteiger partial charge in [0.05, 0.1) is 25.0 Å². The van der Waals surface area contributed by atoms with E-state index in [1.165, 1.54) is 11.8 Å². The Labute approximate surface area is 180 Å². The molecule has 0 unspecified atom stereocenters. The molecule has 0 atom stereocenters. The average Bonchev–Trinajstić information content (AvgIpc) is 2.76. The van der Waals surface area contributed by atoms with Gasteiger partial charge in [0, 0.05) is 29.9 Å². The maximum atomic E-state index is 12.3. The molecule has 1 aromatic heterocycles. The lowest BCUT2D eigenvalue weighted by Gasteiger charge is -2.12. The lowest BCUT2D eigenvalue weighted by Crippen LogP contribution is -2.27. The molecule has 1 amide bonds. The molecule has 1 heterocycles. The highest BCUT2D eigenvalue weighted by Crippen LogP contribution is 2.28. The Hall–Kier alpha value is -2.93. The van der Waals surface area contributed by atoms with Crippen LogP contribution in [0.25, 0.3) is 10.9 Å². The number of rotatable bonds is 9. The van der Waals surface area contributed by atoms with Crippen molar-refractivity contribution in [2.75, 3.05) is 26.0 Å². The van der Waals surface area contributed by atoms with Crippen molar-refractivity contribution in [3.05, 3.63) is 64.4 Å². The van der Waals surface area contributed by atoms with Gasteiger partial charge in [-0.3, -0.25) is 9.59 Å². The quantitative estimate of drug-likeness (QED) is 0.531. The van der Waals surface area contributed by atoms with Crippen molar-refractivity contribution in [3.63, 3.8) is 0 Å². The molecule has 1 N–H and O–H groups in total. The van der Waals surface area contributed by atoms with E-state index in [0.29, 0.717) is 31.1 Å². The van der Waals surface area contributed by atoms with E-state index in [0.717, 1.165) is 21.4 Å². The second kappa shape index (κ2) is 10.2. The minimum Gasteiger partial charge on any atom is -0.493 e. The molecule has 6 nitrogen and oxygen atoms in total. The highest BCUT2D eigenvalue weighted by molar-refractivity contribution is 8.00. The average molecular weight is 427 g/mol. The van der Waals surface area contributed by atoms with Gasteiger partial charge in [0.25, 0.3) is 5.56 Å². The summed E-state index contributed by atoms with van der Waals surface area (Å²) >= 11 is 1.38. The van der Waals surface area contributed by atoms with Crippen molar-refractivity contribution in [2.45, 2.75) is 18.2 Å². The molecule has 0 aliphatic heterocycles. The van der Waals surface area contributed by atoms with Gasteiger partial charge in [-0.05, 0) is 37.1 Å². The number of carbonyl (C=O) groups excluding carboxylic acids is 1. The van der Waals surface area contributed by atoms with Crippen LogP contribution in [0.4, 0.5) is 0 Å². The fraction of sp³-hybridized carbons (Fsp3) is 0.304. The van der Waals surface area contributed by atoms with Crippen molar-refractivity contribution in [3.8, 4) is 11.5 Å². The zero-order valence-electron chi connectivity index (χ0n) is 17.4. The van der Waals surface area contributed by atoms with Crippen LogP contribution in [0.15, 0.2) is 58.2 Å². The Balaban J connectivity index is 1.56. The highest BCUT2D eigenvalue weighted by atomic mass is 32.2. The van der Waals surface area contributed by atoms with Crippen LogP contribution >= 0.6 is 11.8 Å². The zero-order valence-corrected chi connectivity index (χ0v) is 18.3. The Kier molecular flexibility index (Phi) is 7.41. The number of benzene rings is 2. The van der Waals surface area contributed by atoms with Gasteiger partial charge < -0.3 is 19.4 Å². The number of nitrogens with zero attached hydrogens (tertiary/aromatic N) is 1. The third kappa shape index (κ3) is 5.16. The molecule has 0 aliphatic carbocycles. The van der Waals surface area contributed by atoms with E-state index in [4.69, 9.17) is 9.47 Å². The van der Waals surface area contributed by atoms with Crippen LogP contribution in [0.3, 0.4) is 0 Å². The van der Waals surface area contributed by atoms with Gasteiger partial charge in [0.2, 0.25) is 5.91 Å². The summed E-state index contributed by atoms with van der Waals surface area (Å²) in [6.07, 6.45) is 0.690. The van der Waals surface area contributed by atoms with E-state index in [9.17, 15) is 9.59 Å². The second-order valence-electron chi connectivity index (χ2n) is 6.73. The van der Waals surface area contributed by atoms with Crippen molar-refractivity contribution < 1.29 is 14.3 Å². The molecule has 0 fully saturated rings. The number of hydrogen-bond acceptors (Lipinski definition) is 5. The summed E-state index contributed by atoms with van der Waals surface area (Å²) in [4.78, 5) is 25.3. The Morgan fingerprint density at radius 3 is 2.70 bits per heavy atom. The van der Waals surface area contributed by atoms with Crippen LogP contribution in [0.5, 0.6) is 11.5 Å². The van der Waals surface area contributed by atoms with Gasteiger partial charge in [-0.25, -0.2) is 0 Å². The van der Waals surface area contributed by atoms with E-state index in [2.05, 4.69) is 5.32 Å². The summed E-state index contributed by atoms with van der Waals surface area (Å²) in [7, 11) is 3.36. The molecule has 0 saturated carbocycles. The van der Waals surface area contributed by atoms with Gasteiger partial charge in [-0.2, -0.15) is 0 Å². The summed E-state index contributed by atoms with van der Waals surface area (Å²) < 4.78 is 12.5. The molecule has 0 spiro atoms. The highest BCUT2D eigenvalue weighted by Gasteiger charge is 2.10. The maximum absolute atomic E-state index is 12.3. The Bertz CT molecular complexity index is 1090. The van der Waals surface area contributed by atoms with Gasteiger partial charge in [-0.1, -0.05) is 24.3 Å². The van der Waals surface area contributed by atoms with Crippen molar-refractivity contribution in [2.24, 2.45) is 7.05 Å². The van der Waals surface area contributed by atoms with Crippen LogP contribution in [0, 0.1) is 0 Å². The summed E-state index contributed by atoms with van der Waals surface area (Å²) in [6.45, 7) is 3.01. The van der Waals surface area contributed by atoms with Gasteiger partial charge >= 0.3 is 0 Å². The van der Waals surface area contributed by atoms with E-state index in [-0.39, 0.29) is 17.2 Å². The molecule has 158 valence electrons. The van der Waals surface area contributed by atoms with Crippen LogP contribution in [-0.4, -0.2) is 36.5 Å². The van der Waals surface area contributed by atoms with Crippen molar-refractivity contribution in [1.82, 2.24) is 9.88 Å². The molecule has 0 aliphatic rings. The number of thioether (sulfide) groups is 1. The van der Waals surface area contributed by atoms with Gasteiger partial charge in [0.15, 0.2) is 11.5 Å². The van der Waals surface area contributed by atoms with E-state index < -0.39 is 0 Å². The molecular weight excluding hydrogens is 400 g/mol. The number of ether oxygens (including phenoxy) is 2. The summed E-state index contributed by atoms with van der Waals surface area (Å²) in [6, 6.07) is 15.1. The minimum absolute atomic E-state index is 0.0664. The van der Waals surface area contributed by atoms with Crippen LogP contribution in [0.2, 0.25) is 0 Å². The lowest BCUT2D eigenvalue weighted by molar-refractivity contribution is -0.118. The van der Waals surface area contributed by atoms with Crippen LogP contribution in [0.1, 0.15) is 12.5 Å². The summed E-state index contributed by atoms with van der Waals surface area (Å²) in [5.41, 5.74) is 1.84. The first kappa shape index (κ1) is 21.8. The molecule has 3 aromatic rings. The third-order valence-corrected chi connectivity index (χ3v) is 5.79. The fourth-order valence-corrected chi connectivity index (χ4v) is 4.09.